The van der Waals surface area contributed by atoms with Crippen LogP contribution in [0.4, 0.5) is 5.69 Å². The van der Waals surface area contributed by atoms with E-state index < -0.39 is 28.5 Å². The van der Waals surface area contributed by atoms with Gasteiger partial charge in [0.25, 0.3) is 0 Å². The van der Waals surface area contributed by atoms with Gasteiger partial charge in [0.1, 0.15) is 24.1 Å². The first-order valence-electron chi connectivity index (χ1n) is 10.5. The number of hydrogen-bond acceptors (Lipinski definition) is 6. The average molecular weight is 512 g/mol. The minimum absolute atomic E-state index is 0.0963. The fourth-order valence-corrected chi connectivity index (χ4v) is 4.48. The number of nitrogens with zero attached hydrogens (tertiary/aromatic N) is 2. The van der Waals surface area contributed by atoms with Gasteiger partial charge in [-0.1, -0.05) is 30.7 Å². The Morgan fingerprint density at radius 2 is 1.74 bits per heavy atom. The summed E-state index contributed by atoms with van der Waals surface area (Å²) in [6, 6.07) is 10.8. The summed E-state index contributed by atoms with van der Waals surface area (Å²) in [6.07, 6.45) is 1.32. The molecule has 0 bridgehead atoms. The fourth-order valence-electron chi connectivity index (χ4n) is 3.47. The molecule has 2 aromatic carbocycles. The molecule has 1 unspecified atom stereocenters. The Labute approximate surface area is 205 Å². The minimum atomic E-state index is -3.91. The maximum atomic E-state index is 13.5. The standard InChI is InChI=1S/C23H30ClN3O6S/c1-6-19(23(29)25-2)26(14-16-7-10-18(32-3)11-8-16)22(28)15-27(34(5,30)31)20-13-17(24)9-12-21(20)33-4/h7-13,19H,6,14-15H2,1-5H3,(H,25,29). The van der Waals surface area contributed by atoms with Gasteiger partial charge in [0.15, 0.2) is 0 Å². The monoisotopic (exact) mass is 511 g/mol. The number of anilines is 1. The number of likely N-dealkylation sites (N-methyl/N-ethyl adjacent to an activating group) is 1. The quantitative estimate of drug-likeness (QED) is 0.497. The van der Waals surface area contributed by atoms with Crippen LogP contribution in [0.2, 0.25) is 5.02 Å². The highest BCUT2D eigenvalue weighted by Crippen LogP contribution is 2.33. The summed E-state index contributed by atoms with van der Waals surface area (Å²) < 4.78 is 36.8. The lowest BCUT2D eigenvalue weighted by Gasteiger charge is -2.33. The number of hydrogen-bond donors (Lipinski definition) is 1. The molecule has 0 fully saturated rings. The number of methoxy groups -OCH3 is 2. The first kappa shape index (κ1) is 27.3. The molecule has 0 aromatic heterocycles. The molecule has 186 valence electrons. The van der Waals surface area contributed by atoms with Crippen molar-refractivity contribution in [2.75, 3.05) is 38.4 Å². The Balaban J connectivity index is 2.48. The Morgan fingerprint density at radius 3 is 2.24 bits per heavy atom. The third-order valence-electron chi connectivity index (χ3n) is 5.23. The molecular formula is C23H30ClN3O6S. The molecule has 9 nitrogen and oxygen atoms in total. The molecule has 0 saturated carbocycles. The molecule has 0 heterocycles. The Morgan fingerprint density at radius 1 is 1.09 bits per heavy atom. The van der Waals surface area contributed by atoms with Gasteiger partial charge in [-0.3, -0.25) is 13.9 Å². The molecule has 2 aromatic rings. The number of ether oxygens (including phenoxy) is 2. The Kier molecular flexibility index (Phi) is 9.57. The fraction of sp³-hybridized carbons (Fsp3) is 0.391. The summed E-state index contributed by atoms with van der Waals surface area (Å²) in [7, 11) is 0.522. The summed E-state index contributed by atoms with van der Waals surface area (Å²) >= 11 is 6.10. The number of amides is 2. The lowest BCUT2D eigenvalue weighted by Crippen LogP contribution is -2.51. The van der Waals surface area contributed by atoms with E-state index in [2.05, 4.69) is 5.32 Å². The normalized spacial score (nSPS) is 11.9. The predicted molar refractivity (Wildman–Crippen MR) is 132 cm³/mol. The van der Waals surface area contributed by atoms with E-state index in [4.69, 9.17) is 21.1 Å². The van der Waals surface area contributed by atoms with Crippen molar-refractivity contribution in [3.8, 4) is 11.5 Å². The summed E-state index contributed by atoms with van der Waals surface area (Å²) in [5.74, 6) is -0.0201. The summed E-state index contributed by atoms with van der Waals surface area (Å²) in [4.78, 5) is 27.5. The number of nitrogens with one attached hydrogen (secondary N) is 1. The summed E-state index contributed by atoms with van der Waals surface area (Å²) in [5, 5.41) is 2.86. The van der Waals surface area contributed by atoms with Gasteiger partial charge in [0.05, 0.1) is 26.2 Å². The molecule has 0 aliphatic heterocycles. The van der Waals surface area contributed by atoms with Crippen LogP contribution in [0, 0.1) is 0 Å². The number of benzene rings is 2. The smallest absolute Gasteiger partial charge is 0.244 e. The van der Waals surface area contributed by atoms with E-state index in [0.29, 0.717) is 12.2 Å². The van der Waals surface area contributed by atoms with Gasteiger partial charge in [-0.25, -0.2) is 8.42 Å². The first-order chi connectivity index (χ1) is 16.0. The van der Waals surface area contributed by atoms with E-state index in [1.54, 1.807) is 44.4 Å². The topological polar surface area (TPSA) is 105 Å². The SMILES string of the molecule is CCC(C(=O)NC)N(Cc1ccc(OC)cc1)C(=O)CN(c1cc(Cl)ccc1OC)S(C)(=O)=O. The van der Waals surface area contributed by atoms with Gasteiger partial charge < -0.3 is 19.7 Å². The molecule has 2 amide bonds. The van der Waals surface area contributed by atoms with Crippen molar-refractivity contribution in [2.24, 2.45) is 0 Å². The second-order valence-electron chi connectivity index (χ2n) is 7.49. The zero-order valence-electron chi connectivity index (χ0n) is 19.9. The van der Waals surface area contributed by atoms with Crippen LogP contribution in [-0.2, 0) is 26.2 Å². The average Bonchev–Trinajstić information content (AvgIpc) is 2.81. The first-order valence-corrected chi connectivity index (χ1v) is 12.7. The third kappa shape index (κ3) is 6.77. The van der Waals surface area contributed by atoms with Crippen LogP contribution < -0.4 is 19.1 Å². The van der Waals surface area contributed by atoms with E-state index in [9.17, 15) is 18.0 Å². The van der Waals surface area contributed by atoms with Crippen LogP contribution in [0.5, 0.6) is 11.5 Å². The van der Waals surface area contributed by atoms with Crippen molar-refractivity contribution < 1.29 is 27.5 Å². The van der Waals surface area contributed by atoms with Crippen molar-refractivity contribution in [3.63, 3.8) is 0 Å². The van der Waals surface area contributed by atoms with Crippen LogP contribution in [0.25, 0.3) is 0 Å². The minimum Gasteiger partial charge on any atom is -0.497 e. The molecule has 0 aliphatic carbocycles. The lowest BCUT2D eigenvalue weighted by molar-refractivity contribution is -0.140. The molecule has 34 heavy (non-hydrogen) atoms. The van der Waals surface area contributed by atoms with Crippen molar-refractivity contribution in [1.82, 2.24) is 10.2 Å². The number of carbonyl (C=O) groups excluding carboxylic acids is 2. The number of carbonyl (C=O) groups is 2. The molecule has 2 rings (SSSR count). The van der Waals surface area contributed by atoms with Crippen molar-refractivity contribution in [3.05, 3.63) is 53.1 Å². The highest BCUT2D eigenvalue weighted by molar-refractivity contribution is 7.92. The maximum Gasteiger partial charge on any atom is 0.244 e. The van der Waals surface area contributed by atoms with Gasteiger partial charge in [0, 0.05) is 18.6 Å². The largest absolute Gasteiger partial charge is 0.497 e. The second-order valence-corrected chi connectivity index (χ2v) is 9.84. The van der Waals surface area contributed by atoms with Crippen LogP contribution in [0.15, 0.2) is 42.5 Å². The highest BCUT2D eigenvalue weighted by atomic mass is 35.5. The zero-order valence-corrected chi connectivity index (χ0v) is 21.4. The van der Waals surface area contributed by atoms with Crippen molar-refractivity contribution >= 4 is 39.1 Å². The molecule has 1 atom stereocenters. The van der Waals surface area contributed by atoms with Crippen molar-refractivity contribution in [1.29, 1.82) is 0 Å². The number of halogens is 1. The van der Waals surface area contributed by atoms with E-state index in [1.807, 2.05) is 0 Å². The molecule has 0 spiro atoms. The third-order valence-corrected chi connectivity index (χ3v) is 6.59. The molecule has 0 saturated heterocycles. The molecule has 11 heteroatoms. The van der Waals surface area contributed by atoms with E-state index in [-0.39, 0.29) is 28.9 Å². The molecule has 0 radical (unpaired) electrons. The van der Waals surface area contributed by atoms with Gasteiger partial charge in [-0.15, -0.1) is 0 Å². The van der Waals surface area contributed by atoms with Gasteiger partial charge in [-0.2, -0.15) is 0 Å². The van der Waals surface area contributed by atoms with Gasteiger partial charge in [0.2, 0.25) is 21.8 Å². The van der Waals surface area contributed by atoms with E-state index >= 15 is 0 Å². The van der Waals surface area contributed by atoms with Crippen LogP contribution >= 0.6 is 11.6 Å². The van der Waals surface area contributed by atoms with Crippen molar-refractivity contribution in [2.45, 2.75) is 25.9 Å². The Hall–Kier alpha value is -2.98. The molecule has 1 N–H and O–H groups in total. The van der Waals surface area contributed by atoms with E-state index in [1.165, 1.54) is 31.2 Å². The highest BCUT2D eigenvalue weighted by Gasteiger charge is 2.32. The molecular weight excluding hydrogens is 482 g/mol. The van der Waals surface area contributed by atoms with E-state index in [0.717, 1.165) is 16.1 Å². The zero-order chi connectivity index (χ0) is 25.5. The van der Waals surface area contributed by atoms with Crippen LogP contribution in [-0.4, -0.2) is 65.2 Å². The molecule has 0 aliphatic rings. The van der Waals surface area contributed by atoms with Crippen LogP contribution in [0.3, 0.4) is 0 Å². The lowest BCUT2D eigenvalue weighted by atomic mass is 10.1. The predicted octanol–water partition coefficient (Wildman–Crippen LogP) is 2.68. The second kappa shape index (κ2) is 11.9. The van der Waals surface area contributed by atoms with Gasteiger partial charge >= 0.3 is 0 Å². The number of sulfonamides is 1. The maximum absolute atomic E-state index is 13.5. The summed E-state index contributed by atoms with van der Waals surface area (Å²) in [6.45, 7) is 1.33. The van der Waals surface area contributed by atoms with Gasteiger partial charge in [-0.05, 0) is 42.3 Å². The number of rotatable bonds is 11. The van der Waals surface area contributed by atoms with Crippen LogP contribution in [0.1, 0.15) is 18.9 Å². The summed E-state index contributed by atoms with van der Waals surface area (Å²) in [5.41, 5.74) is 0.881. The Bertz CT molecular complexity index is 1110.